The van der Waals surface area contributed by atoms with Crippen molar-refractivity contribution in [1.82, 2.24) is 10.2 Å². The summed E-state index contributed by atoms with van der Waals surface area (Å²) in [6, 6.07) is 0.0363. The van der Waals surface area contributed by atoms with E-state index in [2.05, 4.69) is 5.32 Å². The van der Waals surface area contributed by atoms with Gasteiger partial charge in [0.1, 0.15) is 0 Å². The molecule has 2 fully saturated rings. The van der Waals surface area contributed by atoms with E-state index in [0.717, 1.165) is 45.2 Å². The van der Waals surface area contributed by atoms with Crippen molar-refractivity contribution in [1.29, 1.82) is 0 Å². The fraction of sp³-hybridized carbons (Fsp3) is 0.917. The lowest BCUT2D eigenvalue weighted by atomic mass is 9.87. The number of nitrogens with one attached hydrogen (secondary N) is 1. The van der Waals surface area contributed by atoms with Crippen LogP contribution in [0.2, 0.25) is 0 Å². The third-order valence-corrected chi connectivity index (χ3v) is 3.94. The van der Waals surface area contributed by atoms with Crippen molar-refractivity contribution in [3.05, 3.63) is 0 Å². The number of likely N-dealkylation sites (N-methyl/N-ethyl adjacent to an activating group) is 1. The van der Waals surface area contributed by atoms with Crippen molar-refractivity contribution in [2.75, 3.05) is 20.1 Å². The molecule has 1 amide bonds. The van der Waals surface area contributed by atoms with Crippen LogP contribution in [-0.4, -0.2) is 48.2 Å². The third-order valence-electron chi connectivity index (χ3n) is 3.94. The van der Waals surface area contributed by atoms with Crippen LogP contribution in [0, 0.1) is 5.92 Å². The standard InChI is InChI=1S/C12H22N2O2/c1-13-11-6-7-14(12(11)16)8-9-2-4-10(15)5-3-9/h9-11,13,15H,2-8H2,1H3. The minimum Gasteiger partial charge on any atom is -0.393 e. The minimum absolute atomic E-state index is 0.0363. The first-order valence-electron chi connectivity index (χ1n) is 6.35. The van der Waals surface area contributed by atoms with Gasteiger partial charge in [-0.05, 0) is 45.1 Å². The number of carbonyl (C=O) groups is 1. The van der Waals surface area contributed by atoms with E-state index in [9.17, 15) is 9.90 Å². The Morgan fingerprint density at radius 1 is 1.31 bits per heavy atom. The van der Waals surface area contributed by atoms with Gasteiger partial charge >= 0.3 is 0 Å². The molecule has 0 aromatic rings. The lowest BCUT2D eigenvalue weighted by molar-refractivity contribution is -0.130. The van der Waals surface area contributed by atoms with Gasteiger partial charge < -0.3 is 15.3 Å². The molecule has 0 spiro atoms. The number of aliphatic hydroxyl groups is 1. The first-order valence-corrected chi connectivity index (χ1v) is 6.35. The highest BCUT2D eigenvalue weighted by Gasteiger charge is 2.32. The molecule has 16 heavy (non-hydrogen) atoms. The molecule has 4 nitrogen and oxygen atoms in total. The second kappa shape index (κ2) is 5.15. The van der Waals surface area contributed by atoms with Gasteiger partial charge in [-0.2, -0.15) is 0 Å². The summed E-state index contributed by atoms with van der Waals surface area (Å²) >= 11 is 0. The van der Waals surface area contributed by atoms with Gasteiger partial charge in [-0.25, -0.2) is 0 Å². The van der Waals surface area contributed by atoms with Gasteiger partial charge in [0, 0.05) is 13.1 Å². The molecule has 4 heteroatoms. The van der Waals surface area contributed by atoms with E-state index in [1.165, 1.54) is 0 Å². The maximum absolute atomic E-state index is 11.9. The van der Waals surface area contributed by atoms with Gasteiger partial charge in [0.15, 0.2) is 0 Å². The molecular formula is C12H22N2O2. The summed E-state index contributed by atoms with van der Waals surface area (Å²) in [7, 11) is 1.85. The predicted molar refractivity (Wildman–Crippen MR) is 62.0 cm³/mol. The quantitative estimate of drug-likeness (QED) is 0.730. The van der Waals surface area contributed by atoms with Crippen molar-refractivity contribution in [2.24, 2.45) is 5.92 Å². The van der Waals surface area contributed by atoms with Crippen molar-refractivity contribution >= 4 is 5.91 Å². The number of rotatable bonds is 3. The molecule has 0 aromatic heterocycles. The monoisotopic (exact) mass is 226 g/mol. The highest BCUT2D eigenvalue weighted by Crippen LogP contribution is 2.26. The number of hydrogen-bond donors (Lipinski definition) is 2. The van der Waals surface area contributed by atoms with Crippen LogP contribution in [0.25, 0.3) is 0 Å². The fourth-order valence-electron chi connectivity index (χ4n) is 2.83. The molecule has 92 valence electrons. The fourth-order valence-corrected chi connectivity index (χ4v) is 2.83. The van der Waals surface area contributed by atoms with Crippen LogP contribution < -0.4 is 5.32 Å². The molecule has 1 aliphatic heterocycles. The zero-order valence-corrected chi connectivity index (χ0v) is 9.98. The molecule has 0 aromatic carbocycles. The normalized spacial score (nSPS) is 35.8. The maximum atomic E-state index is 11.9. The molecule has 2 aliphatic rings. The highest BCUT2D eigenvalue weighted by atomic mass is 16.3. The van der Waals surface area contributed by atoms with Gasteiger partial charge in [0.05, 0.1) is 12.1 Å². The van der Waals surface area contributed by atoms with Crippen LogP contribution in [0.15, 0.2) is 0 Å². The molecule has 0 radical (unpaired) electrons. The first-order chi connectivity index (χ1) is 7.70. The number of amides is 1. The van der Waals surface area contributed by atoms with Crippen molar-refractivity contribution in [2.45, 2.75) is 44.2 Å². The second-order valence-electron chi connectivity index (χ2n) is 5.09. The third kappa shape index (κ3) is 2.55. The highest BCUT2D eigenvalue weighted by molar-refractivity contribution is 5.83. The summed E-state index contributed by atoms with van der Waals surface area (Å²) in [6.45, 7) is 1.78. The summed E-state index contributed by atoms with van der Waals surface area (Å²) in [5, 5.41) is 12.5. The van der Waals surface area contributed by atoms with E-state index in [1.54, 1.807) is 0 Å². The molecule has 1 heterocycles. The maximum Gasteiger partial charge on any atom is 0.239 e. The van der Waals surface area contributed by atoms with E-state index in [0.29, 0.717) is 5.92 Å². The molecule has 1 saturated heterocycles. The molecule has 1 unspecified atom stereocenters. The smallest absolute Gasteiger partial charge is 0.239 e. The van der Waals surface area contributed by atoms with Crippen LogP contribution in [0.5, 0.6) is 0 Å². The molecule has 0 bridgehead atoms. The van der Waals surface area contributed by atoms with E-state index < -0.39 is 0 Å². The minimum atomic E-state index is -0.101. The summed E-state index contributed by atoms with van der Waals surface area (Å²) in [5.74, 6) is 0.858. The molecule has 1 atom stereocenters. The lowest BCUT2D eigenvalue weighted by Gasteiger charge is -2.29. The second-order valence-corrected chi connectivity index (χ2v) is 5.09. The van der Waals surface area contributed by atoms with Gasteiger partial charge in [-0.1, -0.05) is 0 Å². The van der Waals surface area contributed by atoms with E-state index in [-0.39, 0.29) is 18.1 Å². The van der Waals surface area contributed by atoms with Crippen LogP contribution >= 0.6 is 0 Å². The van der Waals surface area contributed by atoms with Crippen LogP contribution in [-0.2, 0) is 4.79 Å². The Morgan fingerprint density at radius 3 is 2.56 bits per heavy atom. The van der Waals surface area contributed by atoms with Crippen LogP contribution in [0.3, 0.4) is 0 Å². The number of carbonyl (C=O) groups excluding carboxylic acids is 1. The molecule has 2 N–H and O–H groups in total. The zero-order valence-electron chi connectivity index (χ0n) is 9.98. The van der Waals surface area contributed by atoms with Crippen LogP contribution in [0.1, 0.15) is 32.1 Å². The number of likely N-dealkylation sites (tertiary alicyclic amines) is 1. The Kier molecular flexibility index (Phi) is 3.82. The Labute approximate surface area is 97.0 Å². The average molecular weight is 226 g/mol. The van der Waals surface area contributed by atoms with E-state index in [4.69, 9.17) is 0 Å². The van der Waals surface area contributed by atoms with Gasteiger partial charge in [0.25, 0.3) is 0 Å². The Hall–Kier alpha value is -0.610. The summed E-state index contributed by atoms with van der Waals surface area (Å²) in [4.78, 5) is 13.9. The van der Waals surface area contributed by atoms with E-state index in [1.807, 2.05) is 11.9 Å². The Bertz CT molecular complexity index is 249. The summed E-state index contributed by atoms with van der Waals surface area (Å²) in [5.41, 5.74) is 0. The summed E-state index contributed by atoms with van der Waals surface area (Å²) in [6.07, 6.45) is 4.77. The largest absolute Gasteiger partial charge is 0.393 e. The number of hydrogen-bond acceptors (Lipinski definition) is 3. The molecule has 1 saturated carbocycles. The predicted octanol–water partition coefficient (Wildman–Crippen LogP) is 0.358. The average Bonchev–Trinajstić information content (AvgIpc) is 2.63. The first kappa shape index (κ1) is 11.9. The summed E-state index contributed by atoms with van der Waals surface area (Å²) < 4.78 is 0. The topological polar surface area (TPSA) is 52.6 Å². The zero-order chi connectivity index (χ0) is 11.5. The van der Waals surface area contributed by atoms with Gasteiger partial charge in [-0.3, -0.25) is 4.79 Å². The van der Waals surface area contributed by atoms with Gasteiger partial charge in [-0.15, -0.1) is 0 Å². The number of aliphatic hydroxyl groups excluding tert-OH is 1. The Balaban J connectivity index is 1.80. The molecule has 2 rings (SSSR count). The molecular weight excluding hydrogens is 204 g/mol. The van der Waals surface area contributed by atoms with E-state index >= 15 is 0 Å². The SMILES string of the molecule is CNC1CCN(CC2CCC(O)CC2)C1=O. The molecule has 1 aliphatic carbocycles. The van der Waals surface area contributed by atoms with Crippen molar-refractivity contribution in [3.8, 4) is 0 Å². The Morgan fingerprint density at radius 2 is 2.00 bits per heavy atom. The lowest BCUT2D eigenvalue weighted by Crippen LogP contribution is -2.39. The van der Waals surface area contributed by atoms with Crippen molar-refractivity contribution < 1.29 is 9.90 Å². The van der Waals surface area contributed by atoms with Gasteiger partial charge in [0.2, 0.25) is 5.91 Å². The van der Waals surface area contributed by atoms with Crippen molar-refractivity contribution in [3.63, 3.8) is 0 Å². The van der Waals surface area contributed by atoms with Crippen LogP contribution in [0.4, 0.5) is 0 Å². The number of nitrogens with zero attached hydrogens (tertiary/aromatic N) is 1.